The first-order valence-corrected chi connectivity index (χ1v) is 9.16. The highest BCUT2D eigenvalue weighted by atomic mass is 16.5. The molecule has 0 aliphatic carbocycles. The van der Waals surface area contributed by atoms with E-state index < -0.39 is 0 Å². The van der Waals surface area contributed by atoms with Gasteiger partial charge in [-0.05, 0) is 42.7 Å². The van der Waals surface area contributed by atoms with E-state index in [4.69, 9.17) is 4.74 Å². The number of hydrogen-bond acceptors (Lipinski definition) is 4. The van der Waals surface area contributed by atoms with Gasteiger partial charge in [-0.15, -0.1) is 0 Å². The predicted octanol–water partition coefficient (Wildman–Crippen LogP) is 2.92. The summed E-state index contributed by atoms with van der Waals surface area (Å²) in [6, 6.07) is 15.1. The Balaban J connectivity index is 1.82. The molecule has 5 nitrogen and oxygen atoms in total. The fourth-order valence-electron chi connectivity index (χ4n) is 3.56. The lowest BCUT2D eigenvalue weighted by Gasteiger charge is -2.29. The number of carbonyl (C=O) groups is 2. The van der Waals surface area contributed by atoms with Crippen LogP contribution < -0.4 is 4.90 Å². The van der Waals surface area contributed by atoms with Crippen LogP contribution in [-0.2, 0) is 14.3 Å². The number of rotatable bonds is 3. The first-order chi connectivity index (χ1) is 13.1. The zero-order valence-corrected chi connectivity index (χ0v) is 15.6. The number of ether oxygens (including phenoxy) is 1. The first-order valence-electron chi connectivity index (χ1n) is 9.16. The summed E-state index contributed by atoms with van der Waals surface area (Å²) < 4.78 is 5.43. The van der Waals surface area contributed by atoms with Crippen LogP contribution in [0.2, 0.25) is 0 Å². The first kappa shape index (κ1) is 17.5. The number of morpholine rings is 1. The van der Waals surface area contributed by atoms with E-state index in [1.54, 1.807) is 0 Å². The minimum absolute atomic E-state index is 0.260. The molecule has 1 fully saturated rings. The number of aryl methyl sites for hydroxylation is 2. The molecule has 1 saturated heterocycles. The molecule has 0 spiro atoms. The Morgan fingerprint density at radius 1 is 0.852 bits per heavy atom. The minimum atomic E-state index is -0.268. The highest BCUT2D eigenvalue weighted by Crippen LogP contribution is 2.35. The van der Waals surface area contributed by atoms with E-state index in [2.05, 4.69) is 0 Å². The van der Waals surface area contributed by atoms with E-state index in [1.807, 2.05) is 67.3 Å². The molecule has 0 N–H and O–H groups in total. The van der Waals surface area contributed by atoms with E-state index in [9.17, 15) is 9.59 Å². The van der Waals surface area contributed by atoms with Crippen LogP contribution in [0, 0.1) is 13.8 Å². The van der Waals surface area contributed by atoms with E-state index in [0.29, 0.717) is 43.3 Å². The summed E-state index contributed by atoms with van der Waals surface area (Å²) >= 11 is 0. The van der Waals surface area contributed by atoms with Crippen molar-refractivity contribution >= 4 is 23.1 Å². The van der Waals surface area contributed by atoms with Crippen molar-refractivity contribution in [3.63, 3.8) is 0 Å². The fourth-order valence-corrected chi connectivity index (χ4v) is 3.56. The summed E-state index contributed by atoms with van der Waals surface area (Å²) in [5, 5.41) is 0. The van der Waals surface area contributed by atoms with Gasteiger partial charge in [0.2, 0.25) is 0 Å². The molecule has 2 aromatic carbocycles. The molecule has 138 valence electrons. The molecule has 2 amide bonds. The van der Waals surface area contributed by atoms with Crippen molar-refractivity contribution in [2.45, 2.75) is 13.8 Å². The van der Waals surface area contributed by atoms with Crippen LogP contribution in [0.3, 0.4) is 0 Å². The largest absolute Gasteiger partial charge is 0.378 e. The highest BCUT2D eigenvalue weighted by Gasteiger charge is 2.42. The third kappa shape index (κ3) is 3.04. The summed E-state index contributed by atoms with van der Waals surface area (Å²) in [5.74, 6) is -0.528. The van der Waals surface area contributed by atoms with Gasteiger partial charge in [0.05, 0.1) is 24.5 Å². The molecule has 2 aliphatic heterocycles. The monoisotopic (exact) mass is 362 g/mol. The van der Waals surface area contributed by atoms with Crippen molar-refractivity contribution in [3.05, 3.63) is 70.9 Å². The van der Waals surface area contributed by atoms with Gasteiger partial charge < -0.3 is 9.64 Å². The van der Waals surface area contributed by atoms with Gasteiger partial charge in [0.1, 0.15) is 5.70 Å². The van der Waals surface area contributed by atoms with Crippen LogP contribution in [0.25, 0.3) is 5.57 Å². The zero-order valence-electron chi connectivity index (χ0n) is 15.6. The standard InChI is InChI=1S/C22H22N2O3/c1-15-8-9-18(14-16(15)2)24-21(25)19(17-6-4-3-5-7-17)20(22(24)26)23-10-12-27-13-11-23/h3-9,14H,10-13H2,1-2H3. The molecule has 0 unspecified atom stereocenters. The maximum Gasteiger partial charge on any atom is 0.282 e. The Kier molecular flexibility index (Phi) is 4.54. The van der Waals surface area contributed by atoms with E-state index in [1.165, 1.54) is 4.90 Å². The van der Waals surface area contributed by atoms with E-state index in [0.717, 1.165) is 16.7 Å². The highest BCUT2D eigenvalue weighted by molar-refractivity contribution is 6.45. The van der Waals surface area contributed by atoms with Gasteiger partial charge in [0, 0.05) is 13.1 Å². The summed E-state index contributed by atoms with van der Waals surface area (Å²) in [7, 11) is 0. The molecule has 0 atom stereocenters. The second-order valence-corrected chi connectivity index (χ2v) is 6.90. The van der Waals surface area contributed by atoms with Gasteiger partial charge in [0.25, 0.3) is 11.8 Å². The van der Waals surface area contributed by atoms with Crippen molar-refractivity contribution in [1.29, 1.82) is 0 Å². The molecule has 0 radical (unpaired) electrons. The van der Waals surface area contributed by atoms with E-state index >= 15 is 0 Å². The van der Waals surface area contributed by atoms with E-state index in [-0.39, 0.29) is 11.8 Å². The molecule has 27 heavy (non-hydrogen) atoms. The average molecular weight is 362 g/mol. The smallest absolute Gasteiger partial charge is 0.282 e. The molecular weight excluding hydrogens is 340 g/mol. The maximum absolute atomic E-state index is 13.4. The number of hydrogen-bond donors (Lipinski definition) is 0. The van der Waals surface area contributed by atoms with Crippen LogP contribution >= 0.6 is 0 Å². The van der Waals surface area contributed by atoms with Crippen LogP contribution in [0.5, 0.6) is 0 Å². The third-order valence-electron chi connectivity index (χ3n) is 5.20. The number of carbonyl (C=O) groups excluding carboxylic acids is 2. The van der Waals surface area contributed by atoms with Crippen molar-refractivity contribution in [3.8, 4) is 0 Å². The van der Waals surface area contributed by atoms with Crippen LogP contribution in [-0.4, -0.2) is 43.0 Å². The van der Waals surface area contributed by atoms with Gasteiger partial charge in [-0.1, -0.05) is 36.4 Å². The van der Waals surface area contributed by atoms with Gasteiger partial charge in [-0.2, -0.15) is 0 Å². The summed E-state index contributed by atoms with van der Waals surface area (Å²) in [4.78, 5) is 30.0. The molecule has 0 aromatic heterocycles. The number of imide groups is 1. The normalized spacial score (nSPS) is 17.9. The molecule has 5 heteroatoms. The number of amides is 2. The van der Waals surface area contributed by atoms with Crippen LogP contribution in [0.1, 0.15) is 16.7 Å². The second kappa shape index (κ2) is 7.00. The van der Waals surface area contributed by atoms with Crippen molar-refractivity contribution in [2.24, 2.45) is 0 Å². The molecule has 2 aromatic rings. The predicted molar refractivity (Wildman–Crippen MR) is 104 cm³/mol. The second-order valence-electron chi connectivity index (χ2n) is 6.90. The lowest BCUT2D eigenvalue weighted by molar-refractivity contribution is -0.121. The number of nitrogens with zero attached hydrogens (tertiary/aromatic N) is 2. The Hall–Kier alpha value is -2.92. The summed E-state index contributed by atoms with van der Waals surface area (Å²) in [6.45, 7) is 6.31. The number of benzene rings is 2. The molecule has 0 saturated carbocycles. The molecule has 2 aliphatic rings. The molecule has 4 rings (SSSR count). The quantitative estimate of drug-likeness (QED) is 0.788. The van der Waals surface area contributed by atoms with Crippen molar-refractivity contribution in [1.82, 2.24) is 4.90 Å². The Morgan fingerprint density at radius 2 is 1.56 bits per heavy atom. The summed E-state index contributed by atoms with van der Waals surface area (Å²) in [6.07, 6.45) is 0. The average Bonchev–Trinajstić information content (AvgIpc) is 2.96. The van der Waals surface area contributed by atoms with Crippen molar-refractivity contribution in [2.75, 3.05) is 31.2 Å². The van der Waals surface area contributed by atoms with Crippen LogP contribution in [0.15, 0.2) is 54.2 Å². The van der Waals surface area contributed by atoms with Gasteiger partial charge >= 0.3 is 0 Å². The maximum atomic E-state index is 13.4. The number of anilines is 1. The SMILES string of the molecule is Cc1ccc(N2C(=O)C(c3ccccc3)=C(N3CCOCC3)C2=O)cc1C. The Morgan fingerprint density at radius 3 is 2.22 bits per heavy atom. The Bertz CT molecular complexity index is 928. The van der Waals surface area contributed by atoms with Gasteiger partial charge in [-0.25, -0.2) is 4.90 Å². The molecule has 0 bridgehead atoms. The summed E-state index contributed by atoms with van der Waals surface area (Å²) in [5.41, 5.74) is 4.51. The zero-order chi connectivity index (χ0) is 19.0. The third-order valence-corrected chi connectivity index (χ3v) is 5.20. The topological polar surface area (TPSA) is 49.9 Å². The fraction of sp³-hybridized carbons (Fsp3) is 0.273. The lowest BCUT2D eigenvalue weighted by atomic mass is 10.0. The van der Waals surface area contributed by atoms with Gasteiger partial charge in [0.15, 0.2) is 0 Å². The molecule has 2 heterocycles. The van der Waals surface area contributed by atoms with Crippen molar-refractivity contribution < 1.29 is 14.3 Å². The Labute approximate surface area is 158 Å². The molecular formula is C22H22N2O3. The van der Waals surface area contributed by atoms with Crippen LogP contribution in [0.4, 0.5) is 5.69 Å². The van der Waals surface area contributed by atoms with Gasteiger partial charge in [-0.3, -0.25) is 9.59 Å². The lowest BCUT2D eigenvalue weighted by Crippen LogP contribution is -2.40. The minimum Gasteiger partial charge on any atom is -0.378 e.